The summed E-state index contributed by atoms with van der Waals surface area (Å²) in [6, 6.07) is 16.2. The second kappa shape index (κ2) is 8.98. The molecular weight excluding hydrogens is 377 g/mol. The first-order valence-electron chi connectivity index (χ1n) is 7.38. The third-order valence-corrected chi connectivity index (χ3v) is 6.33. The van der Waals surface area contributed by atoms with E-state index in [0.29, 0.717) is 0 Å². The standard InChI is InChI=1S/C17H14FN3OS3/c18-13-8-4-5-9-14(13)19-15(22)11-24-17-21-20-16(25-17)23-10-12-6-2-1-3-7-12/h1-9H,10-11H2,(H,19,22). The van der Waals surface area contributed by atoms with Crippen LogP contribution in [0.25, 0.3) is 0 Å². The number of thioether (sulfide) groups is 2. The summed E-state index contributed by atoms with van der Waals surface area (Å²) in [5.41, 5.74) is 1.41. The van der Waals surface area contributed by atoms with Crippen LogP contribution in [0.5, 0.6) is 0 Å². The largest absolute Gasteiger partial charge is 0.323 e. The fraction of sp³-hybridized carbons (Fsp3) is 0.118. The average molecular weight is 392 g/mol. The summed E-state index contributed by atoms with van der Waals surface area (Å²) in [5.74, 6) is 0.264. The van der Waals surface area contributed by atoms with Crippen LogP contribution >= 0.6 is 34.9 Å². The summed E-state index contributed by atoms with van der Waals surface area (Å²) in [7, 11) is 0. The Labute approximate surface area is 157 Å². The van der Waals surface area contributed by atoms with Gasteiger partial charge in [-0.1, -0.05) is 77.3 Å². The van der Waals surface area contributed by atoms with Crippen molar-refractivity contribution in [2.75, 3.05) is 11.1 Å². The molecule has 1 amide bonds. The quantitative estimate of drug-likeness (QED) is 0.592. The van der Waals surface area contributed by atoms with Gasteiger partial charge in [0, 0.05) is 5.75 Å². The zero-order valence-electron chi connectivity index (χ0n) is 13.0. The summed E-state index contributed by atoms with van der Waals surface area (Å²) in [6.45, 7) is 0. The molecule has 2 aromatic carbocycles. The Kier molecular flexibility index (Phi) is 6.43. The summed E-state index contributed by atoms with van der Waals surface area (Å²) in [5, 5.41) is 10.8. The third-order valence-electron chi connectivity index (χ3n) is 3.07. The highest BCUT2D eigenvalue weighted by molar-refractivity contribution is 8.03. The van der Waals surface area contributed by atoms with Crippen molar-refractivity contribution in [3.8, 4) is 0 Å². The highest BCUT2D eigenvalue weighted by Crippen LogP contribution is 2.30. The van der Waals surface area contributed by atoms with E-state index in [1.807, 2.05) is 18.2 Å². The van der Waals surface area contributed by atoms with Crippen molar-refractivity contribution < 1.29 is 9.18 Å². The van der Waals surface area contributed by atoms with Gasteiger partial charge in [0.25, 0.3) is 0 Å². The molecule has 0 aliphatic heterocycles. The number of para-hydroxylation sites is 1. The summed E-state index contributed by atoms with van der Waals surface area (Å²) >= 11 is 4.36. The molecule has 3 aromatic rings. The Morgan fingerprint density at radius 2 is 1.68 bits per heavy atom. The molecule has 0 radical (unpaired) electrons. The lowest BCUT2D eigenvalue weighted by Gasteiger charge is -2.04. The monoisotopic (exact) mass is 391 g/mol. The molecule has 8 heteroatoms. The number of aromatic nitrogens is 2. The lowest BCUT2D eigenvalue weighted by molar-refractivity contribution is -0.113. The molecule has 25 heavy (non-hydrogen) atoms. The minimum atomic E-state index is -0.448. The maximum atomic E-state index is 13.5. The minimum Gasteiger partial charge on any atom is -0.323 e. The van der Waals surface area contributed by atoms with Crippen molar-refractivity contribution in [1.82, 2.24) is 10.2 Å². The average Bonchev–Trinajstić information content (AvgIpc) is 3.09. The van der Waals surface area contributed by atoms with Gasteiger partial charge in [-0.15, -0.1) is 10.2 Å². The van der Waals surface area contributed by atoms with Gasteiger partial charge in [0.15, 0.2) is 8.68 Å². The molecule has 0 aliphatic rings. The Balaban J connectivity index is 1.47. The number of carbonyl (C=O) groups is 1. The van der Waals surface area contributed by atoms with Gasteiger partial charge in [0.05, 0.1) is 11.4 Å². The first-order chi connectivity index (χ1) is 12.2. The van der Waals surface area contributed by atoms with Crippen molar-refractivity contribution in [3.63, 3.8) is 0 Å². The normalized spacial score (nSPS) is 10.6. The van der Waals surface area contributed by atoms with Crippen molar-refractivity contribution in [3.05, 3.63) is 66.0 Å². The van der Waals surface area contributed by atoms with Crippen LogP contribution in [0, 0.1) is 5.82 Å². The molecule has 0 saturated carbocycles. The van der Waals surface area contributed by atoms with E-state index < -0.39 is 5.82 Å². The lowest BCUT2D eigenvalue weighted by atomic mass is 10.2. The van der Waals surface area contributed by atoms with Gasteiger partial charge in [-0.2, -0.15) is 0 Å². The molecule has 0 saturated heterocycles. The van der Waals surface area contributed by atoms with Crippen LogP contribution in [-0.2, 0) is 10.5 Å². The van der Waals surface area contributed by atoms with E-state index in [2.05, 4.69) is 27.6 Å². The van der Waals surface area contributed by atoms with E-state index in [0.717, 1.165) is 14.4 Å². The second-order valence-electron chi connectivity index (χ2n) is 4.92. The van der Waals surface area contributed by atoms with Gasteiger partial charge in [-0.05, 0) is 17.7 Å². The summed E-state index contributed by atoms with van der Waals surface area (Å²) in [6.07, 6.45) is 0. The molecule has 3 rings (SSSR count). The van der Waals surface area contributed by atoms with Gasteiger partial charge in [-0.3, -0.25) is 4.79 Å². The molecule has 0 fully saturated rings. The molecule has 128 valence electrons. The van der Waals surface area contributed by atoms with E-state index in [1.54, 1.807) is 23.9 Å². The van der Waals surface area contributed by atoms with Gasteiger partial charge in [0.1, 0.15) is 5.82 Å². The van der Waals surface area contributed by atoms with E-state index in [1.165, 1.54) is 40.8 Å². The van der Waals surface area contributed by atoms with Crippen LogP contribution < -0.4 is 5.32 Å². The van der Waals surface area contributed by atoms with Crippen LogP contribution in [0.4, 0.5) is 10.1 Å². The number of anilines is 1. The minimum absolute atomic E-state index is 0.159. The van der Waals surface area contributed by atoms with Crippen molar-refractivity contribution in [1.29, 1.82) is 0 Å². The zero-order chi connectivity index (χ0) is 17.5. The first kappa shape index (κ1) is 17.9. The van der Waals surface area contributed by atoms with Gasteiger partial charge in [-0.25, -0.2) is 4.39 Å². The van der Waals surface area contributed by atoms with Crippen LogP contribution in [-0.4, -0.2) is 21.9 Å². The topological polar surface area (TPSA) is 54.9 Å². The molecule has 0 aliphatic carbocycles. The highest BCUT2D eigenvalue weighted by Gasteiger charge is 2.10. The van der Waals surface area contributed by atoms with Gasteiger partial charge >= 0.3 is 0 Å². The van der Waals surface area contributed by atoms with Crippen molar-refractivity contribution >= 4 is 46.5 Å². The number of halogens is 1. The maximum absolute atomic E-state index is 13.5. The SMILES string of the molecule is O=C(CSc1nnc(SCc2ccccc2)s1)Nc1ccccc1F. The fourth-order valence-electron chi connectivity index (χ4n) is 1.91. The van der Waals surface area contributed by atoms with Crippen LogP contribution in [0.3, 0.4) is 0 Å². The third kappa shape index (κ3) is 5.55. The number of amides is 1. The fourth-order valence-corrected chi connectivity index (χ4v) is 4.69. The highest BCUT2D eigenvalue weighted by atomic mass is 32.2. The van der Waals surface area contributed by atoms with Crippen LogP contribution in [0.15, 0.2) is 63.3 Å². The van der Waals surface area contributed by atoms with E-state index in [9.17, 15) is 9.18 Å². The zero-order valence-corrected chi connectivity index (χ0v) is 15.5. The number of benzene rings is 2. The smallest absolute Gasteiger partial charge is 0.234 e. The number of nitrogens with zero attached hydrogens (tertiary/aromatic N) is 2. The molecule has 0 unspecified atom stereocenters. The number of rotatable bonds is 7. The first-order valence-corrected chi connectivity index (χ1v) is 10.2. The van der Waals surface area contributed by atoms with Gasteiger partial charge < -0.3 is 5.32 Å². The Hall–Kier alpha value is -1.90. The second-order valence-corrected chi connectivity index (χ2v) is 8.35. The van der Waals surface area contributed by atoms with E-state index in [-0.39, 0.29) is 17.3 Å². The number of carbonyl (C=O) groups excluding carboxylic acids is 1. The van der Waals surface area contributed by atoms with Crippen LogP contribution in [0.2, 0.25) is 0 Å². The summed E-state index contributed by atoms with van der Waals surface area (Å²) in [4.78, 5) is 11.9. The van der Waals surface area contributed by atoms with Crippen molar-refractivity contribution in [2.24, 2.45) is 0 Å². The van der Waals surface area contributed by atoms with E-state index >= 15 is 0 Å². The number of hydrogen-bond donors (Lipinski definition) is 1. The predicted molar refractivity (Wildman–Crippen MR) is 102 cm³/mol. The number of hydrogen-bond acceptors (Lipinski definition) is 6. The van der Waals surface area contributed by atoms with Gasteiger partial charge in [0.2, 0.25) is 5.91 Å². The summed E-state index contributed by atoms with van der Waals surface area (Å²) < 4.78 is 15.1. The molecule has 4 nitrogen and oxygen atoms in total. The molecule has 0 atom stereocenters. The molecule has 1 N–H and O–H groups in total. The molecular formula is C17H14FN3OS3. The Morgan fingerprint density at radius 1 is 1.00 bits per heavy atom. The van der Waals surface area contributed by atoms with Crippen molar-refractivity contribution in [2.45, 2.75) is 14.4 Å². The maximum Gasteiger partial charge on any atom is 0.234 e. The Bertz CT molecular complexity index is 842. The molecule has 0 spiro atoms. The number of nitrogens with one attached hydrogen (secondary N) is 1. The molecule has 0 bridgehead atoms. The lowest BCUT2D eigenvalue weighted by Crippen LogP contribution is -2.14. The molecule has 1 heterocycles. The Morgan fingerprint density at radius 3 is 2.44 bits per heavy atom. The van der Waals surface area contributed by atoms with Crippen LogP contribution in [0.1, 0.15) is 5.56 Å². The predicted octanol–water partition coefficient (Wildman–Crippen LogP) is 4.70. The molecule has 1 aromatic heterocycles. The van der Waals surface area contributed by atoms with E-state index in [4.69, 9.17) is 0 Å².